The molecule has 0 bridgehead atoms. The zero-order valence-electron chi connectivity index (χ0n) is 15.3. The van der Waals surface area contributed by atoms with Crippen molar-refractivity contribution in [1.82, 2.24) is 9.88 Å². The second-order valence-electron chi connectivity index (χ2n) is 6.99. The predicted molar refractivity (Wildman–Crippen MR) is 101 cm³/mol. The SMILES string of the molecule is COc1ccc(CN(Cc2ccccn2)C(=O)[C@@H]2CCC[C@H](N)C2)cc1. The molecule has 0 aliphatic heterocycles. The van der Waals surface area contributed by atoms with Crippen molar-refractivity contribution in [2.45, 2.75) is 44.8 Å². The van der Waals surface area contributed by atoms with Crippen molar-refractivity contribution < 1.29 is 9.53 Å². The standard InChI is InChI=1S/C21H27N3O2/c1-26-20-10-8-16(9-11-20)14-24(15-19-7-2-3-12-23-19)21(25)17-5-4-6-18(22)13-17/h2-3,7-12,17-18H,4-6,13-15,22H2,1H3/t17-,18+/m1/s1. The van der Waals surface area contributed by atoms with Gasteiger partial charge in [0.05, 0.1) is 19.3 Å². The van der Waals surface area contributed by atoms with E-state index in [4.69, 9.17) is 10.5 Å². The summed E-state index contributed by atoms with van der Waals surface area (Å²) >= 11 is 0. The molecule has 26 heavy (non-hydrogen) atoms. The molecule has 5 heteroatoms. The number of hydrogen-bond acceptors (Lipinski definition) is 4. The quantitative estimate of drug-likeness (QED) is 0.866. The van der Waals surface area contributed by atoms with Crippen molar-refractivity contribution >= 4 is 5.91 Å². The van der Waals surface area contributed by atoms with Crippen molar-refractivity contribution in [3.63, 3.8) is 0 Å². The van der Waals surface area contributed by atoms with Gasteiger partial charge in [-0.3, -0.25) is 9.78 Å². The highest BCUT2D eigenvalue weighted by atomic mass is 16.5. The van der Waals surface area contributed by atoms with Gasteiger partial charge in [0.15, 0.2) is 0 Å². The lowest BCUT2D eigenvalue weighted by atomic mass is 9.85. The van der Waals surface area contributed by atoms with Gasteiger partial charge in [-0.05, 0) is 49.1 Å². The van der Waals surface area contributed by atoms with E-state index in [9.17, 15) is 4.79 Å². The van der Waals surface area contributed by atoms with Crippen LogP contribution in [0.4, 0.5) is 0 Å². The van der Waals surface area contributed by atoms with Crippen molar-refractivity contribution in [3.8, 4) is 5.75 Å². The third-order valence-corrected chi connectivity index (χ3v) is 4.99. The smallest absolute Gasteiger partial charge is 0.226 e. The Bertz CT molecular complexity index is 703. The molecule has 1 aliphatic carbocycles. The molecule has 2 aromatic rings. The molecule has 0 unspecified atom stereocenters. The molecule has 0 radical (unpaired) electrons. The maximum Gasteiger partial charge on any atom is 0.226 e. The van der Waals surface area contributed by atoms with E-state index in [1.807, 2.05) is 47.4 Å². The Morgan fingerprint density at radius 1 is 1.19 bits per heavy atom. The Labute approximate surface area is 155 Å². The third-order valence-electron chi connectivity index (χ3n) is 4.99. The van der Waals surface area contributed by atoms with Crippen LogP contribution in [0.5, 0.6) is 5.75 Å². The summed E-state index contributed by atoms with van der Waals surface area (Å²) in [7, 11) is 1.65. The van der Waals surface area contributed by atoms with Gasteiger partial charge in [-0.1, -0.05) is 24.6 Å². The van der Waals surface area contributed by atoms with Crippen LogP contribution in [0.15, 0.2) is 48.7 Å². The van der Waals surface area contributed by atoms with Crippen LogP contribution in [0.2, 0.25) is 0 Å². The molecule has 1 aromatic heterocycles. The normalized spacial score (nSPS) is 19.8. The summed E-state index contributed by atoms with van der Waals surface area (Å²) in [4.78, 5) is 19.5. The Hall–Kier alpha value is -2.40. The fraction of sp³-hybridized carbons (Fsp3) is 0.429. The first-order chi connectivity index (χ1) is 12.7. The van der Waals surface area contributed by atoms with Gasteiger partial charge in [-0.15, -0.1) is 0 Å². The van der Waals surface area contributed by atoms with Crippen LogP contribution in [0, 0.1) is 5.92 Å². The average molecular weight is 353 g/mol. The average Bonchev–Trinajstić information content (AvgIpc) is 2.68. The van der Waals surface area contributed by atoms with Crippen LogP contribution in [0.1, 0.15) is 36.9 Å². The summed E-state index contributed by atoms with van der Waals surface area (Å²) in [5.41, 5.74) is 8.08. The van der Waals surface area contributed by atoms with Crippen LogP contribution in [-0.4, -0.2) is 28.9 Å². The number of aromatic nitrogens is 1. The van der Waals surface area contributed by atoms with Crippen molar-refractivity contribution in [2.75, 3.05) is 7.11 Å². The second-order valence-corrected chi connectivity index (χ2v) is 6.99. The van der Waals surface area contributed by atoms with E-state index in [1.165, 1.54) is 0 Å². The number of amides is 1. The lowest BCUT2D eigenvalue weighted by Crippen LogP contribution is -2.40. The molecule has 1 saturated carbocycles. The minimum Gasteiger partial charge on any atom is -0.497 e. The molecule has 0 saturated heterocycles. The highest BCUT2D eigenvalue weighted by Crippen LogP contribution is 2.26. The first kappa shape index (κ1) is 18.4. The molecular formula is C21H27N3O2. The number of benzene rings is 1. The monoisotopic (exact) mass is 353 g/mol. The second kappa shape index (κ2) is 8.81. The molecule has 1 fully saturated rings. The largest absolute Gasteiger partial charge is 0.497 e. The Kier molecular flexibility index (Phi) is 6.23. The maximum atomic E-state index is 13.2. The molecule has 3 rings (SSSR count). The summed E-state index contributed by atoms with van der Waals surface area (Å²) in [6, 6.07) is 13.8. The van der Waals surface area contributed by atoms with E-state index in [-0.39, 0.29) is 17.9 Å². The van der Waals surface area contributed by atoms with Gasteiger partial charge in [0.2, 0.25) is 5.91 Å². The third kappa shape index (κ3) is 4.82. The van der Waals surface area contributed by atoms with Crippen LogP contribution in [-0.2, 0) is 17.9 Å². The number of nitrogens with zero attached hydrogens (tertiary/aromatic N) is 2. The fourth-order valence-corrected chi connectivity index (χ4v) is 3.56. The number of ether oxygens (including phenoxy) is 1. The molecular weight excluding hydrogens is 326 g/mol. The summed E-state index contributed by atoms with van der Waals surface area (Å²) in [5.74, 6) is 1.01. The van der Waals surface area contributed by atoms with E-state index in [1.54, 1.807) is 13.3 Å². The van der Waals surface area contributed by atoms with Crippen LogP contribution >= 0.6 is 0 Å². The van der Waals surface area contributed by atoms with Gasteiger partial charge in [0, 0.05) is 24.7 Å². The lowest BCUT2D eigenvalue weighted by Gasteiger charge is -2.31. The van der Waals surface area contributed by atoms with Gasteiger partial charge in [0.25, 0.3) is 0 Å². The highest BCUT2D eigenvalue weighted by Gasteiger charge is 2.29. The molecule has 0 spiro atoms. The summed E-state index contributed by atoms with van der Waals surface area (Å²) in [5, 5.41) is 0. The topological polar surface area (TPSA) is 68.5 Å². The van der Waals surface area contributed by atoms with E-state index in [0.717, 1.165) is 42.7 Å². The number of nitrogens with two attached hydrogens (primary N) is 1. The van der Waals surface area contributed by atoms with Gasteiger partial charge in [-0.25, -0.2) is 0 Å². The van der Waals surface area contributed by atoms with Crippen molar-refractivity contribution in [1.29, 1.82) is 0 Å². The Balaban J connectivity index is 1.77. The highest BCUT2D eigenvalue weighted by molar-refractivity contribution is 5.79. The number of carbonyl (C=O) groups excluding carboxylic acids is 1. The van der Waals surface area contributed by atoms with Crippen LogP contribution in [0.3, 0.4) is 0 Å². The molecule has 1 aromatic carbocycles. The Morgan fingerprint density at radius 2 is 2.00 bits per heavy atom. The van der Waals surface area contributed by atoms with E-state index >= 15 is 0 Å². The molecule has 5 nitrogen and oxygen atoms in total. The zero-order valence-corrected chi connectivity index (χ0v) is 15.3. The summed E-state index contributed by atoms with van der Waals surface area (Å²) < 4.78 is 5.22. The number of methoxy groups -OCH3 is 1. The molecule has 1 amide bonds. The number of carbonyl (C=O) groups is 1. The summed E-state index contributed by atoms with van der Waals surface area (Å²) in [6.07, 6.45) is 5.51. The van der Waals surface area contributed by atoms with Crippen LogP contribution in [0.25, 0.3) is 0 Å². The fourth-order valence-electron chi connectivity index (χ4n) is 3.56. The van der Waals surface area contributed by atoms with Crippen molar-refractivity contribution in [2.24, 2.45) is 11.7 Å². The molecule has 2 N–H and O–H groups in total. The number of pyridine rings is 1. The van der Waals surface area contributed by atoms with E-state index in [0.29, 0.717) is 13.1 Å². The van der Waals surface area contributed by atoms with Crippen LogP contribution < -0.4 is 10.5 Å². The molecule has 2 atom stereocenters. The maximum absolute atomic E-state index is 13.2. The first-order valence-corrected chi connectivity index (χ1v) is 9.23. The summed E-state index contributed by atoms with van der Waals surface area (Å²) in [6.45, 7) is 1.07. The van der Waals surface area contributed by atoms with Gasteiger partial charge in [-0.2, -0.15) is 0 Å². The zero-order chi connectivity index (χ0) is 18.4. The minimum atomic E-state index is 0.0145. The number of rotatable bonds is 6. The van der Waals surface area contributed by atoms with Gasteiger partial charge in [0.1, 0.15) is 5.75 Å². The van der Waals surface area contributed by atoms with Gasteiger partial charge < -0.3 is 15.4 Å². The molecule has 1 heterocycles. The molecule has 1 aliphatic rings. The lowest BCUT2D eigenvalue weighted by molar-refractivity contribution is -0.138. The Morgan fingerprint density at radius 3 is 2.65 bits per heavy atom. The number of hydrogen-bond donors (Lipinski definition) is 1. The van der Waals surface area contributed by atoms with E-state index < -0.39 is 0 Å². The van der Waals surface area contributed by atoms with Crippen molar-refractivity contribution in [3.05, 3.63) is 59.9 Å². The first-order valence-electron chi connectivity index (χ1n) is 9.23. The predicted octanol–water partition coefficient (Wildman–Crippen LogP) is 3.14. The molecule has 138 valence electrons. The van der Waals surface area contributed by atoms with Gasteiger partial charge >= 0.3 is 0 Å². The van der Waals surface area contributed by atoms with E-state index in [2.05, 4.69) is 4.98 Å². The minimum absolute atomic E-state index is 0.0145.